The van der Waals surface area contributed by atoms with E-state index in [1.165, 1.54) is 7.11 Å². The number of benzene rings is 1. The lowest BCUT2D eigenvalue weighted by molar-refractivity contribution is -0.184. The second-order valence-corrected chi connectivity index (χ2v) is 3.59. The molecule has 1 heterocycles. The fourth-order valence-electron chi connectivity index (χ4n) is 1.50. The molecule has 0 unspecified atom stereocenters. The molecule has 1 aliphatic rings. The number of methoxy groups -OCH3 is 1. The summed E-state index contributed by atoms with van der Waals surface area (Å²) in [4.78, 5) is 11.1. The number of ether oxygens (including phenoxy) is 2. The average molecular weight is 208 g/mol. The van der Waals surface area contributed by atoms with Gasteiger partial charge in [-0.3, -0.25) is 0 Å². The zero-order valence-corrected chi connectivity index (χ0v) is 8.40. The summed E-state index contributed by atoms with van der Waals surface area (Å²) in [5.74, 6) is -0.376. The fraction of sp³-hybridized carbons (Fsp3) is 0.364. The Labute approximate surface area is 87.4 Å². The number of rotatable bonds is 2. The lowest BCUT2D eigenvalue weighted by Crippen LogP contribution is -2.46. The molecule has 0 spiro atoms. The van der Waals surface area contributed by atoms with Gasteiger partial charge in [0.2, 0.25) is 0 Å². The third-order valence-electron chi connectivity index (χ3n) is 2.53. The van der Waals surface area contributed by atoms with Crippen LogP contribution in [0.1, 0.15) is 15.9 Å². The zero-order chi connectivity index (χ0) is 10.9. The van der Waals surface area contributed by atoms with Gasteiger partial charge in [-0.05, 0) is 17.7 Å². The molecule has 0 radical (unpaired) electrons. The number of hydrogen-bond acceptors (Lipinski definition) is 4. The van der Waals surface area contributed by atoms with Crippen LogP contribution in [0.3, 0.4) is 0 Å². The molecule has 0 aliphatic carbocycles. The molecule has 2 rings (SSSR count). The van der Waals surface area contributed by atoms with Crippen LogP contribution >= 0.6 is 0 Å². The standard InChI is InChI=1S/C11H12O4/c1-14-10(12)8-2-4-9(5-3-8)11(13)6-15-7-11/h2-5,13H,6-7H2,1H3. The average Bonchev–Trinajstić information content (AvgIpc) is 2.25. The van der Waals surface area contributed by atoms with E-state index in [1.54, 1.807) is 24.3 Å². The van der Waals surface area contributed by atoms with Gasteiger partial charge >= 0.3 is 5.97 Å². The normalized spacial score (nSPS) is 18.0. The summed E-state index contributed by atoms with van der Waals surface area (Å²) < 4.78 is 9.53. The monoisotopic (exact) mass is 208 g/mol. The molecule has 0 saturated carbocycles. The summed E-state index contributed by atoms with van der Waals surface area (Å²) in [5.41, 5.74) is 0.362. The summed E-state index contributed by atoms with van der Waals surface area (Å²) in [6.45, 7) is 0.620. The molecule has 1 fully saturated rings. The van der Waals surface area contributed by atoms with Crippen molar-refractivity contribution in [1.29, 1.82) is 0 Å². The minimum absolute atomic E-state index is 0.310. The van der Waals surface area contributed by atoms with Gasteiger partial charge in [0.05, 0.1) is 25.9 Å². The summed E-state index contributed by atoms with van der Waals surface area (Å²) >= 11 is 0. The van der Waals surface area contributed by atoms with Crippen LogP contribution in [0, 0.1) is 0 Å². The largest absolute Gasteiger partial charge is 0.465 e. The van der Waals surface area contributed by atoms with Crippen molar-refractivity contribution in [2.45, 2.75) is 5.60 Å². The summed E-state index contributed by atoms with van der Waals surface area (Å²) in [5, 5.41) is 9.93. The quantitative estimate of drug-likeness (QED) is 0.726. The van der Waals surface area contributed by atoms with Crippen molar-refractivity contribution in [3.05, 3.63) is 35.4 Å². The number of esters is 1. The molecule has 0 bridgehead atoms. The topological polar surface area (TPSA) is 55.8 Å². The Morgan fingerprint density at radius 3 is 2.40 bits per heavy atom. The molecule has 4 nitrogen and oxygen atoms in total. The van der Waals surface area contributed by atoms with Crippen molar-refractivity contribution in [3.8, 4) is 0 Å². The maximum absolute atomic E-state index is 11.1. The van der Waals surface area contributed by atoms with Gasteiger partial charge in [-0.25, -0.2) is 4.79 Å². The highest BCUT2D eigenvalue weighted by Crippen LogP contribution is 2.29. The molecular weight excluding hydrogens is 196 g/mol. The zero-order valence-electron chi connectivity index (χ0n) is 8.40. The van der Waals surface area contributed by atoms with Crippen LogP contribution in [-0.2, 0) is 15.1 Å². The molecule has 15 heavy (non-hydrogen) atoms. The Balaban J connectivity index is 2.20. The lowest BCUT2D eigenvalue weighted by Gasteiger charge is -2.36. The third kappa shape index (κ3) is 1.73. The summed E-state index contributed by atoms with van der Waals surface area (Å²) in [6.07, 6.45) is 0. The molecule has 4 heteroatoms. The van der Waals surface area contributed by atoms with E-state index in [1.807, 2.05) is 0 Å². The smallest absolute Gasteiger partial charge is 0.337 e. The first kappa shape index (κ1) is 10.1. The van der Waals surface area contributed by atoms with Crippen molar-refractivity contribution < 1.29 is 19.4 Å². The van der Waals surface area contributed by atoms with Crippen LogP contribution in [0.4, 0.5) is 0 Å². The molecule has 1 aromatic carbocycles. The van der Waals surface area contributed by atoms with Crippen molar-refractivity contribution in [2.24, 2.45) is 0 Å². The maximum Gasteiger partial charge on any atom is 0.337 e. The van der Waals surface area contributed by atoms with E-state index in [9.17, 15) is 9.90 Å². The minimum Gasteiger partial charge on any atom is -0.465 e. The second-order valence-electron chi connectivity index (χ2n) is 3.59. The van der Waals surface area contributed by atoms with E-state index in [4.69, 9.17) is 4.74 Å². The number of aliphatic hydroxyl groups is 1. The molecule has 0 aromatic heterocycles. The van der Waals surface area contributed by atoms with Gasteiger partial charge in [-0.1, -0.05) is 12.1 Å². The van der Waals surface area contributed by atoms with E-state index >= 15 is 0 Å². The third-order valence-corrected chi connectivity index (χ3v) is 2.53. The van der Waals surface area contributed by atoms with Gasteiger partial charge in [0.25, 0.3) is 0 Å². The SMILES string of the molecule is COC(=O)c1ccc(C2(O)COC2)cc1. The first-order valence-corrected chi connectivity index (χ1v) is 4.65. The first-order valence-electron chi connectivity index (χ1n) is 4.65. The van der Waals surface area contributed by atoms with E-state index in [2.05, 4.69) is 4.74 Å². The van der Waals surface area contributed by atoms with Crippen LogP contribution in [0.15, 0.2) is 24.3 Å². The molecule has 1 saturated heterocycles. The van der Waals surface area contributed by atoms with Gasteiger partial charge in [-0.15, -0.1) is 0 Å². The molecule has 1 aromatic rings. The first-order chi connectivity index (χ1) is 7.15. The van der Waals surface area contributed by atoms with Crippen molar-refractivity contribution >= 4 is 5.97 Å². The van der Waals surface area contributed by atoms with E-state index < -0.39 is 5.60 Å². The van der Waals surface area contributed by atoms with Gasteiger partial charge < -0.3 is 14.6 Å². The fourth-order valence-corrected chi connectivity index (χ4v) is 1.50. The molecule has 80 valence electrons. The number of hydrogen-bond donors (Lipinski definition) is 1. The molecule has 1 aliphatic heterocycles. The molecule has 0 amide bonds. The Bertz CT molecular complexity index is 365. The molecule has 1 N–H and O–H groups in total. The minimum atomic E-state index is -0.880. The summed E-state index contributed by atoms with van der Waals surface area (Å²) in [6, 6.07) is 6.71. The van der Waals surface area contributed by atoms with Crippen LogP contribution in [0.5, 0.6) is 0 Å². The highest BCUT2D eigenvalue weighted by Gasteiger charge is 2.37. The Morgan fingerprint density at radius 1 is 1.40 bits per heavy atom. The van der Waals surface area contributed by atoms with Crippen LogP contribution in [0.25, 0.3) is 0 Å². The van der Waals surface area contributed by atoms with Gasteiger partial charge in [-0.2, -0.15) is 0 Å². The van der Waals surface area contributed by atoms with Gasteiger partial charge in [0, 0.05) is 0 Å². The van der Waals surface area contributed by atoms with Crippen molar-refractivity contribution in [1.82, 2.24) is 0 Å². The maximum atomic E-state index is 11.1. The lowest BCUT2D eigenvalue weighted by atomic mass is 9.91. The van der Waals surface area contributed by atoms with Crippen molar-refractivity contribution in [3.63, 3.8) is 0 Å². The summed E-state index contributed by atoms with van der Waals surface area (Å²) in [7, 11) is 1.34. The van der Waals surface area contributed by atoms with Gasteiger partial charge in [0.1, 0.15) is 5.60 Å². The molecular formula is C11H12O4. The van der Waals surface area contributed by atoms with E-state index in [-0.39, 0.29) is 5.97 Å². The van der Waals surface area contributed by atoms with E-state index in [0.717, 1.165) is 5.56 Å². The van der Waals surface area contributed by atoms with Crippen molar-refractivity contribution in [2.75, 3.05) is 20.3 Å². The predicted molar refractivity (Wildman–Crippen MR) is 52.5 cm³/mol. The van der Waals surface area contributed by atoms with Crippen LogP contribution in [-0.4, -0.2) is 31.4 Å². The van der Waals surface area contributed by atoms with Gasteiger partial charge in [0.15, 0.2) is 0 Å². The second kappa shape index (κ2) is 3.64. The Hall–Kier alpha value is -1.39. The highest BCUT2D eigenvalue weighted by molar-refractivity contribution is 5.89. The predicted octanol–water partition coefficient (Wildman–Crippen LogP) is 0.691. The molecule has 0 atom stereocenters. The number of carbonyl (C=O) groups excluding carboxylic acids is 1. The Morgan fingerprint density at radius 2 is 2.00 bits per heavy atom. The van der Waals surface area contributed by atoms with Crippen LogP contribution in [0.2, 0.25) is 0 Å². The van der Waals surface area contributed by atoms with Crippen LogP contribution < -0.4 is 0 Å². The Kier molecular flexibility index (Phi) is 2.46. The highest BCUT2D eigenvalue weighted by atomic mass is 16.5. The number of carbonyl (C=O) groups is 1. The van der Waals surface area contributed by atoms with E-state index in [0.29, 0.717) is 18.8 Å².